The zero-order valence-corrected chi connectivity index (χ0v) is 9.58. The van der Waals surface area contributed by atoms with Gasteiger partial charge in [0.2, 0.25) is 0 Å². The summed E-state index contributed by atoms with van der Waals surface area (Å²) in [5.41, 5.74) is 0. The Morgan fingerprint density at radius 3 is 2.67 bits per heavy atom. The molecule has 84 valence electrons. The van der Waals surface area contributed by atoms with Gasteiger partial charge in [-0.1, -0.05) is 18.6 Å². The van der Waals surface area contributed by atoms with Gasteiger partial charge in [-0.3, -0.25) is 0 Å². The summed E-state index contributed by atoms with van der Waals surface area (Å²) in [6.45, 7) is 0. The van der Waals surface area contributed by atoms with Crippen LogP contribution < -0.4 is 0 Å². The monoisotopic (exact) mass is 228 g/mol. The Hall–Kier alpha value is -0.0500. The maximum atomic E-state index is 6.11. The Labute approximate surface area is 95.6 Å². The molecule has 0 bridgehead atoms. The van der Waals surface area contributed by atoms with Crippen molar-refractivity contribution in [1.29, 1.82) is 0 Å². The normalized spacial score (nSPS) is 43.1. The predicted molar refractivity (Wildman–Crippen MR) is 59.0 cm³/mol. The highest BCUT2D eigenvalue weighted by Crippen LogP contribution is 2.43. The van der Waals surface area contributed by atoms with E-state index in [0.717, 1.165) is 19.3 Å². The number of fused-ring (bicyclic) bond motifs is 1. The van der Waals surface area contributed by atoms with Gasteiger partial charge in [0.1, 0.15) is 6.10 Å². The predicted octanol–water partition coefficient (Wildman–Crippen LogP) is 3.00. The topological polar surface area (TPSA) is 18.5 Å². The van der Waals surface area contributed by atoms with E-state index in [4.69, 9.17) is 21.1 Å². The van der Waals surface area contributed by atoms with Crippen molar-refractivity contribution in [3.63, 3.8) is 0 Å². The molecule has 3 atom stereocenters. The van der Waals surface area contributed by atoms with Crippen molar-refractivity contribution < 1.29 is 9.47 Å². The zero-order chi connectivity index (χ0) is 10.3. The van der Waals surface area contributed by atoms with Crippen LogP contribution in [0.25, 0.3) is 0 Å². The smallest absolute Gasteiger partial charge is 0.169 e. The van der Waals surface area contributed by atoms with E-state index in [-0.39, 0.29) is 23.4 Å². The number of halogens is 1. The van der Waals surface area contributed by atoms with E-state index in [9.17, 15) is 0 Å². The highest BCUT2D eigenvalue weighted by molar-refractivity contribution is 6.21. The highest BCUT2D eigenvalue weighted by atomic mass is 35.5. The summed E-state index contributed by atoms with van der Waals surface area (Å²) in [4.78, 5) is 0. The molecule has 3 aliphatic rings. The number of rotatable bonds is 0. The molecule has 2 fully saturated rings. The first-order valence-corrected chi connectivity index (χ1v) is 6.39. The average Bonchev–Trinajstić information content (AvgIpc) is 2.56. The van der Waals surface area contributed by atoms with E-state index in [0.29, 0.717) is 0 Å². The van der Waals surface area contributed by atoms with Crippen LogP contribution in [0, 0.1) is 0 Å². The molecule has 0 unspecified atom stereocenters. The van der Waals surface area contributed by atoms with Crippen LogP contribution in [-0.2, 0) is 9.47 Å². The van der Waals surface area contributed by atoms with Crippen LogP contribution in [-0.4, -0.2) is 23.4 Å². The maximum Gasteiger partial charge on any atom is 0.169 e. The molecule has 0 N–H and O–H groups in total. The van der Waals surface area contributed by atoms with Gasteiger partial charge in [-0.05, 0) is 19.3 Å². The number of hydrogen-bond donors (Lipinski definition) is 0. The van der Waals surface area contributed by atoms with E-state index in [2.05, 4.69) is 6.08 Å². The second-order valence-electron chi connectivity index (χ2n) is 4.85. The van der Waals surface area contributed by atoms with Crippen LogP contribution in [0.15, 0.2) is 12.2 Å². The fraction of sp³-hybridized carbons (Fsp3) is 0.833. The third-order valence-corrected chi connectivity index (χ3v) is 3.99. The molecule has 0 radical (unpaired) electrons. The van der Waals surface area contributed by atoms with Gasteiger partial charge >= 0.3 is 0 Å². The quantitative estimate of drug-likeness (QED) is 0.469. The molecular formula is C12H17ClO2. The van der Waals surface area contributed by atoms with Gasteiger partial charge in [-0.25, -0.2) is 0 Å². The molecular weight excluding hydrogens is 212 g/mol. The van der Waals surface area contributed by atoms with Crippen molar-refractivity contribution in [3.05, 3.63) is 12.2 Å². The summed E-state index contributed by atoms with van der Waals surface area (Å²) < 4.78 is 12.2. The summed E-state index contributed by atoms with van der Waals surface area (Å²) in [6.07, 6.45) is 11.2. The summed E-state index contributed by atoms with van der Waals surface area (Å²) in [5.74, 6) is -0.265. The molecule has 0 aromatic carbocycles. The van der Waals surface area contributed by atoms with Crippen LogP contribution in [0.5, 0.6) is 0 Å². The fourth-order valence-corrected chi connectivity index (χ4v) is 3.16. The van der Waals surface area contributed by atoms with Crippen molar-refractivity contribution >= 4 is 11.6 Å². The Morgan fingerprint density at radius 2 is 1.87 bits per heavy atom. The summed E-state index contributed by atoms with van der Waals surface area (Å²) >= 11 is 6.09. The Bertz CT molecular complexity index is 271. The molecule has 0 aromatic rings. The van der Waals surface area contributed by atoms with Gasteiger partial charge in [0.15, 0.2) is 5.79 Å². The van der Waals surface area contributed by atoms with Crippen molar-refractivity contribution in [3.8, 4) is 0 Å². The van der Waals surface area contributed by atoms with Crippen molar-refractivity contribution in [2.75, 3.05) is 0 Å². The van der Waals surface area contributed by atoms with Gasteiger partial charge in [0.05, 0.1) is 11.5 Å². The first kappa shape index (κ1) is 10.1. The number of hydrogen-bond acceptors (Lipinski definition) is 2. The second-order valence-corrected chi connectivity index (χ2v) is 5.41. The number of alkyl halides is 1. The van der Waals surface area contributed by atoms with E-state index in [1.807, 2.05) is 6.08 Å². The molecule has 1 aliphatic heterocycles. The van der Waals surface area contributed by atoms with Crippen LogP contribution in [0.2, 0.25) is 0 Å². The van der Waals surface area contributed by atoms with Gasteiger partial charge in [-0.2, -0.15) is 0 Å². The first-order valence-electron chi connectivity index (χ1n) is 5.95. The number of allylic oxidation sites excluding steroid dienone is 1. The molecule has 2 aliphatic carbocycles. The summed E-state index contributed by atoms with van der Waals surface area (Å²) in [7, 11) is 0. The number of ether oxygens (including phenoxy) is 2. The van der Waals surface area contributed by atoms with Crippen LogP contribution in [0.4, 0.5) is 0 Å². The van der Waals surface area contributed by atoms with Crippen molar-refractivity contribution in [2.24, 2.45) is 0 Å². The molecule has 0 amide bonds. The lowest BCUT2D eigenvalue weighted by molar-refractivity contribution is -0.191. The van der Waals surface area contributed by atoms with Crippen LogP contribution in [0.3, 0.4) is 0 Å². The fourth-order valence-electron chi connectivity index (χ4n) is 2.90. The highest BCUT2D eigenvalue weighted by Gasteiger charge is 2.48. The Balaban J connectivity index is 1.74. The second kappa shape index (κ2) is 3.76. The molecule has 2 nitrogen and oxygen atoms in total. The lowest BCUT2D eigenvalue weighted by atomic mass is 9.94. The maximum absolute atomic E-state index is 6.11. The van der Waals surface area contributed by atoms with Crippen molar-refractivity contribution in [1.82, 2.24) is 0 Å². The van der Waals surface area contributed by atoms with E-state index < -0.39 is 0 Å². The Kier molecular flexibility index (Phi) is 2.54. The minimum Gasteiger partial charge on any atom is -0.344 e. The molecule has 1 saturated heterocycles. The van der Waals surface area contributed by atoms with Gasteiger partial charge in [0, 0.05) is 12.8 Å². The third kappa shape index (κ3) is 1.83. The van der Waals surface area contributed by atoms with E-state index in [1.54, 1.807) is 0 Å². The molecule has 1 saturated carbocycles. The van der Waals surface area contributed by atoms with Crippen LogP contribution >= 0.6 is 11.6 Å². The first-order chi connectivity index (χ1) is 7.27. The standard InChI is InChI=1S/C12H17ClO2/c13-9-4-5-10-11(8-9)15-12(14-10)6-2-1-3-7-12/h4-5,9-11H,1-3,6-8H2/t9-,10-,11+/m0/s1. The summed E-state index contributed by atoms with van der Waals surface area (Å²) in [6, 6.07) is 0. The van der Waals surface area contributed by atoms with Crippen LogP contribution in [0.1, 0.15) is 38.5 Å². The van der Waals surface area contributed by atoms with Gasteiger partial charge < -0.3 is 9.47 Å². The SMILES string of the molecule is Cl[C@H]1C=C[C@@H]2OC3(CCCCC3)O[C@@H]2C1. The summed E-state index contributed by atoms with van der Waals surface area (Å²) in [5, 5.41) is 0.119. The third-order valence-electron chi connectivity index (χ3n) is 3.67. The van der Waals surface area contributed by atoms with Gasteiger partial charge in [0.25, 0.3) is 0 Å². The minimum absolute atomic E-state index is 0.119. The van der Waals surface area contributed by atoms with Crippen molar-refractivity contribution in [2.45, 2.75) is 61.9 Å². The van der Waals surface area contributed by atoms with Gasteiger partial charge in [-0.15, -0.1) is 11.6 Å². The molecule has 3 rings (SSSR count). The lowest BCUT2D eigenvalue weighted by Crippen LogP contribution is -2.33. The molecule has 1 spiro atoms. The molecule has 15 heavy (non-hydrogen) atoms. The van der Waals surface area contributed by atoms with E-state index in [1.165, 1.54) is 19.3 Å². The molecule has 3 heteroatoms. The Morgan fingerprint density at radius 1 is 1.07 bits per heavy atom. The lowest BCUT2D eigenvalue weighted by Gasteiger charge is -2.31. The molecule has 0 aromatic heterocycles. The largest absolute Gasteiger partial charge is 0.344 e. The average molecular weight is 229 g/mol. The zero-order valence-electron chi connectivity index (χ0n) is 8.82. The minimum atomic E-state index is -0.265. The van der Waals surface area contributed by atoms with E-state index >= 15 is 0 Å². The molecule has 1 heterocycles.